The quantitative estimate of drug-likeness (QED) is 0.753. The molecule has 0 unspecified atom stereocenters. The third-order valence-electron chi connectivity index (χ3n) is 3.09. The zero-order valence-corrected chi connectivity index (χ0v) is 12.1. The average molecular weight is 298 g/mol. The number of rotatable bonds is 3. The van der Waals surface area contributed by atoms with E-state index in [1.165, 1.54) is 0 Å². The molecule has 0 aliphatic rings. The van der Waals surface area contributed by atoms with Crippen LogP contribution >= 0.6 is 0 Å². The van der Waals surface area contributed by atoms with Gasteiger partial charge in [0, 0.05) is 16.9 Å². The number of halogens is 1. The highest BCUT2D eigenvalue weighted by Crippen LogP contribution is 2.24. The van der Waals surface area contributed by atoms with E-state index in [9.17, 15) is 12.8 Å². The van der Waals surface area contributed by atoms with Crippen molar-refractivity contribution in [3.05, 3.63) is 34.8 Å². The van der Waals surface area contributed by atoms with Gasteiger partial charge in [-0.2, -0.15) is 5.10 Å². The number of nitrogen functional groups attached to an aromatic ring is 1. The summed E-state index contributed by atoms with van der Waals surface area (Å²) in [6.45, 7) is 5.06. The second-order valence-corrected chi connectivity index (χ2v) is 6.22. The molecule has 0 atom stereocenters. The van der Waals surface area contributed by atoms with Crippen LogP contribution in [0.2, 0.25) is 0 Å². The van der Waals surface area contributed by atoms with Crippen molar-refractivity contribution < 1.29 is 12.8 Å². The lowest BCUT2D eigenvalue weighted by Crippen LogP contribution is -2.16. The van der Waals surface area contributed by atoms with Gasteiger partial charge in [-0.1, -0.05) is 0 Å². The van der Waals surface area contributed by atoms with E-state index in [0.29, 0.717) is 11.1 Å². The Morgan fingerprint density at radius 3 is 2.50 bits per heavy atom. The average Bonchev–Trinajstić information content (AvgIpc) is 2.65. The highest BCUT2D eigenvalue weighted by atomic mass is 32.2. The second kappa shape index (κ2) is 4.78. The number of nitrogens with zero attached hydrogens (tertiary/aromatic N) is 1. The first kappa shape index (κ1) is 14.3. The van der Waals surface area contributed by atoms with Crippen LogP contribution in [0.5, 0.6) is 0 Å². The highest BCUT2D eigenvalue weighted by molar-refractivity contribution is 7.92. The molecule has 0 spiro atoms. The molecule has 0 bridgehead atoms. The monoisotopic (exact) mass is 298 g/mol. The molecular formula is C12H15FN4O2S. The van der Waals surface area contributed by atoms with Crippen molar-refractivity contribution in [2.75, 3.05) is 10.5 Å². The molecule has 108 valence electrons. The Morgan fingerprint density at radius 1 is 1.30 bits per heavy atom. The third-order valence-corrected chi connectivity index (χ3v) is 4.45. The minimum Gasteiger partial charge on any atom is -0.398 e. The lowest BCUT2D eigenvalue weighted by Gasteiger charge is -2.09. The van der Waals surface area contributed by atoms with Gasteiger partial charge in [-0.3, -0.25) is 9.82 Å². The molecule has 0 aliphatic carbocycles. The van der Waals surface area contributed by atoms with Crippen LogP contribution in [0.1, 0.15) is 16.8 Å². The van der Waals surface area contributed by atoms with Crippen molar-refractivity contribution in [2.45, 2.75) is 25.7 Å². The van der Waals surface area contributed by atoms with Crippen LogP contribution in [0.4, 0.5) is 15.9 Å². The van der Waals surface area contributed by atoms with E-state index in [4.69, 9.17) is 5.73 Å². The molecule has 8 heteroatoms. The van der Waals surface area contributed by atoms with Crippen molar-refractivity contribution >= 4 is 21.5 Å². The van der Waals surface area contributed by atoms with Gasteiger partial charge in [0.15, 0.2) is 5.82 Å². The molecule has 0 saturated heterocycles. The lowest BCUT2D eigenvalue weighted by atomic mass is 10.2. The lowest BCUT2D eigenvalue weighted by molar-refractivity contribution is 0.570. The number of nitrogens with one attached hydrogen (secondary N) is 2. The van der Waals surface area contributed by atoms with Crippen LogP contribution in [-0.4, -0.2) is 18.6 Å². The molecule has 0 fully saturated rings. The first-order valence-electron chi connectivity index (χ1n) is 5.82. The molecular weight excluding hydrogens is 283 g/mol. The highest BCUT2D eigenvalue weighted by Gasteiger charge is 2.22. The predicted octanol–water partition coefficient (Wildman–Crippen LogP) is 1.86. The normalized spacial score (nSPS) is 11.6. The van der Waals surface area contributed by atoms with Gasteiger partial charge in [-0.05, 0) is 38.5 Å². The maximum absolute atomic E-state index is 13.8. The summed E-state index contributed by atoms with van der Waals surface area (Å²) in [5.41, 5.74) is 7.70. The Kier molecular flexibility index (Phi) is 3.43. The number of aromatic amines is 1. The van der Waals surface area contributed by atoms with Crippen molar-refractivity contribution in [1.82, 2.24) is 10.2 Å². The number of H-pyrrole nitrogens is 1. The summed E-state index contributed by atoms with van der Waals surface area (Å²) in [6.07, 6.45) is 0. The van der Waals surface area contributed by atoms with Crippen LogP contribution in [0.25, 0.3) is 0 Å². The summed E-state index contributed by atoms with van der Waals surface area (Å²) < 4.78 is 40.5. The second-order valence-electron chi connectivity index (χ2n) is 4.57. The minimum atomic E-state index is -4.08. The van der Waals surface area contributed by atoms with Gasteiger partial charge in [-0.15, -0.1) is 0 Å². The molecule has 1 heterocycles. The Labute approximate surface area is 116 Å². The van der Waals surface area contributed by atoms with E-state index >= 15 is 0 Å². The maximum Gasteiger partial charge on any atom is 0.266 e. The van der Waals surface area contributed by atoms with E-state index in [1.807, 2.05) is 0 Å². The number of hydrogen-bond acceptors (Lipinski definition) is 4. The standard InChI is InChI=1S/C12H15FN4O2S/c1-6-4-9(13)11(5-10(6)14)20(18,19)17-12-7(2)8(3)15-16-12/h4-5H,14H2,1-3H3,(H2,15,16,17). The predicted molar refractivity (Wildman–Crippen MR) is 74.4 cm³/mol. The van der Waals surface area contributed by atoms with E-state index < -0.39 is 20.7 Å². The fraction of sp³-hybridized carbons (Fsp3) is 0.250. The van der Waals surface area contributed by atoms with Gasteiger partial charge < -0.3 is 5.73 Å². The molecule has 2 rings (SSSR count). The van der Waals surface area contributed by atoms with E-state index in [-0.39, 0.29) is 11.5 Å². The molecule has 6 nitrogen and oxygen atoms in total. The number of nitrogens with two attached hydrogens (primary N) is 1. The summed E-state index contributed by atoms with van der Waals surface area (Å²) in [4.78, 5) is -0.499. The summed E-state index contributed by atoms with van der Waals surface area (Å²) >= 11 is 0. The van der Waals surface area contributed by atoms with Gasteiger partial charge >= 0.3 is 0 Å². The van der Waals surface area contributed by atoms with Crippen molar-refractivity contribution in [1.29, 1.82) is 0 Å². The third kappa shape index (κ3) is 2.46. The number of aryl methyl sites for hydroxylation is 2. The molecule has 20 heavy (non-hydrogen) atoms. The maximum atomic E-state index is 13.8. The van der Waals surface area contributed by atoms with Gasteiger partial charge in [0.25, 0.3) is 10.0 Å². The SMILES string of the molecule is Cc1cc(F)c(S(=O)(=O)Nc2n[nH]c(C)c2C)cc1N. The molecule has 0 radical (unpaired) electrons. The zero-order chi connectivity index (χ0) is 15.1. The Morgan fingerprint density at radius 2 is 1.95 bits per heavy atom. The molecule has 0 saturated carbocycles. The van der Waals surface area contributed by atoms with Crippen molar-refractivity contribution in [3.8, 4) is 0 Å². The van der Waals surface area contributed by atoms with E-state index in [2.05, 4.69) is 14.9 Å². The molecule has 1 aromatic heterocycles. The number of sulfonamides is 1. The summed E-state index contributed by atoms with van der Waals surface area (Å²) in [7, 11) is -4.08. The number of aromatic nitrogens is 2. The first-order valence-corrected chi connectivity index (χ1v) is 7.30. The van der Waals surface area contributed by atoms with Gasteiger partial charge in [0.2, 0.25) is 0 Å². The largest absolute Gasteiger partial charge is 0.398 e. The van der Waals surface area contributed by atoms with E-state index in [1.54, 1.807) is 20.8 Å². The number of benzene rings is 1. The number of anilines is 2. The molecule has 1 aromatic carbocycles. The van der Waals surface area contributed by atoms with Crippen LogP contribution < -0.4 is 10.5 Å². The summed E-state index contributed by atoms with van der Waals surface area (Å²) in [5, 5.41) is 6.48. The number of hydrogen-bond donors (Lipinski definition) is 3. The Balaban J connectivity index is 2.46. The Bertz CT molecular complexity index is 768. The molecule has 4 N–H and O–H groups in total. The summed E-state index contributed by atoms with van der Waals surface area (Å²) in [5.74, 6) is -0.713. The minimum absolute atomic E-state index is 0.140. The topological polar surface area (TPSA) is 101 Å². The van der Waals surface area contributed by atoms with Gasteiger partial charge in [-0.25, -0.2) is 12.8 Å². The molecule has 2 aromatic rings. The summed E-state index contributed by atoms with van der Waals surface area (Å²) in [6, 6.07) is 2.19. The van der Waals surface area contributed by atoms with Crippen molar-refractivity contribution in [3.63, 3.8) is 0 Å². The zero-order valence-electron chi connectivity index (χ0n) is 11.3. The van der Waals surface area contributed by atoms with Gasteiger partial charge in [0.1, 0.15) is 10.7 Å². The first-order chi connectivity index (χ1) is 9.22. The van der Waals surface area contributed by atoms with Crippen LogP contribution in [0.15, 0.2) is 17.0 Å². The fourth-order valence-corrected chi connectivity index (χ4v) is 2.80. The van der Waals surface area contributed by atoms with Gasteiger partial charge in [0.05, 0.1) is 0 Å². The fourth-order valence-electron chi connectivity index (χ4n) is 1.64. The molecule has 0 amide bonds. The van der Waals surface area contributed by atoms with E-state index in [0.717, 1.165) is 17.8 Å². The van der Waals surface area contributed by atoms with Crippen LogP contribution in [0.3, 0.4) is 0 Å². The van der Waals surface area contributed by atoms with Crippen LogP contribution in [0, 0.1) is 26.6 Å². The van der Waals surface area contributed by atoms with Crippen LogP contribution in [-0.2, 0) is 10.0 Å². The Hall–Kier alpha value is -2.09. The molecule has 0 aliphatic heterocycles. The smallest absolute Gasteiger partial charge is 0.266 e. The van der Waals surface area contributed by atoms with Crippen molar-refractivity contribution in [2.24, 2.45) is 0 Å².